The summed E-state index contributed by atoms with van der Waals surface area (Å²) in [6.45, 7) is 5.68. The minimum Gasteiger partial charge on any atom is -0.480 e. The first kappa shape index (κ1) is 15.1. The van der Waals surface area contributed by atoms with Gasteiger partial charge in [0.25, 0.3) is 5.69 Å². The molecule has 0 aliphatic carbocycles. The lowest BCUT2D eigenvalue weighted by atomic mass is 10.0. The van der Waals surface area contributed by atoms with E-state index in [-0.39, 0.29) is 24.3 Å². The first-order valence-corrected chi connectivity index (χ1v) is 6.04. The molecule has 19 heavy (non-hydrogen) atoms. The Morgan fingerprint density at radius 1 is 1.32 bits per heavy atom. The lowest BCUT2D eigenvalue weighted by molar-refractivity contribution is -0.384. The number of hydrogen-bond acceptors (Lipinski definition) is 4. The van der Waals surface area contributed by atoms with Crippen LogP contribution in [-0.2, 0) is 4.79 Å². The van der Waals surface area contributed by atoms with Gasteiger partial charge in [-0.25, -0.2) is 0 Å². The number of benzene rings is 1. The van der Waals surface area contributed by atoms with Crippen LogP contribution in [0.5, 0.6) is 0 Å². The van der Waals surface area contributed by atoms with E-state index < -0.39 is 10.9 Å². The van der Waals surface area contributed by atoms with Crippen LogP contribution in [-0.4, -0.2) is 33.5 Å². The van der Waals surface area contributed by atoms with Gasteiger partial charge < -0.3 is 5.11 Å². The third kappa shape index (κ3) is 4.03. The van der Waals surface area contributed by atoms with E-state index in [9.17, 15) is 14.9 Å². The number of nitrogens with zero attached hydrogens (tertiary/aromatic N) is 2. The van der Waals surface area contributed by atoms with Gasteiger partial charge in [0.2, 0.25) is 0 Å². The molecule has 0 aliphatic heterocycles. The SMILES string of the molecule is CC(C)N(CC(=O)O)C(C)c1ccc([N+](=O)[O-])cc1. The molecule has 0 amide bonds. The molecule has 0 aliphatic rings. The molecule has 0 radical (unpaired) electrons. The van der Waals surface area contributed by atoms with Gasteiger partial charge in [-0.3, -0.25) is 19.8 Å². The molecule has 1 aromatic carbocycles. The van der Waals surface area contributed by atoms with Crippen molar-refractivity contribution < 1.29 is 14.8 Å². The molecule has 0 aromatic heterocycles. The van der Waals surface area contributed by atoms with E-state index in [0.29, 0.717) is 0 Å². The zero-order chi connectivity index (χ0) is 14.6. The van der Waals surface area contributed by atoms with Gasteiger partial charge in [0.1, 0.15) is 0 Å². The third-order valence-electron chi connectivity index (χ3n) is 3.06. The molecule has 104 valence electrons. The van der Waals surface area contributed by atoms with Crippen molar-refractivity contribution in [2.24, 2.45) is 0 Å². The van der Waals surface area contributed by atoms with Gasteiger partial charge >= 0.3 is 5.97 Å². The molecule has 6 heteroatoms. The maximum Gasteiger partial charge on any atom is 0.317 e. The van der Waals surface area contributed by atoms with Crippen LogP contribution in [0.25, 0.3) is 0 Å². The Morgan fingerprint density at radius 2 is 1.84 bits per heavy atom. The molecule has 0 saturated heterocycles. The molecule has 1 unspecified atom stereocenters. The number of carboxylic acid groups (broad SMARTS) is 1. The molecule has 1 atom stereocenters. The minimum atomic E-state index is -0.887. The third-order valence-corrected chi connectivity index (χ3v) is 3.06. The quantitative estimate of drug-likeness (QED) is 0.631. The molecule has 0 heterocycles. The molecule has 6 nitrogen and oxygen atoms in total. The summed E-state index contributed by atoms with van der Waals surface area (Å²) in [5.74, 6) is -0.887. The second-order valence-corrected chi connectivity index (χ2v) is 4.68. The predicted octanol–water partition coefficient (Wildman–Crippen LogP) is 2.45. The Balaban J connectivity index is 2.92. The molecule has 0 fully saturated rings. The summed E-state index contributed by atoms with van der Waals surface area (Å²) in [6.07, 6.45) is 0. The monoisotopic (exact) mass is 266 g/mol. The van der Waals surface area contributed by atoms with E-state index in [0.717, 1.165) is 5.56 Å². The number of carboxylic acids is 1. The number of nitro groups is 1. The molecule has 0 saturated carbocycles. The number of carbonyl (C=O) groups is 1. The Hall–Kier alpha value is -1.95. The van der Waals surface area contributed by atoms with Crippen LogP contribution in [0.15, 0.2) is 24.3 Å². The van der Waals surface area contributed by atoms with E-state index in [1.165, 1.54) is 12.1 Å². The van der Waals surface area contributed by atoms with Crippen LogP contribution >= 0.6 is 0 Å². The summed E-state index contributed by atoms with van der Waals surface area (Å²) in [4.78, 5) is 22.8. The Bertz CT molecular complexity index is 456. The Kier molecular flexibility index (Phi) is 5.00. The second kappa shape index (κ2) is 6.29. The molecule has 1 N–H and O–H groups in total. The molecule has 1 aromatic rings. The lowest BCUT2D eigenvalue weighted by Crippen LogP contribution is -2.37. The standard InChI is InChI=1S/C13H18N2O4/c1-9(2)14(8-13(16)17)10(3)11-4-6-12(7-5-11)15(18)19/h4-7,9-10H,8H2,1-3H3,(H,16,17). The van der Waals surface area contributed by atoms with Gasteiger partial charge in [-0.05, 0) is 26.3 Å². The highest BCUT2D eigenvalue weighted by Crippen LogP contribution is 2.24. The molecular weight excluding hydrogens is 248 g/mol. The first-order chi connectivity index (χ1) is 8.82. The average molecular weight is 266 g/mol. The number of nitro benzene ring substituents is 1. The largest absolute Gasteiger partial charge is 0.480 e. The smallest absolute Gasteiger partial charge is 0.317 e. The fourth-order valence-electron chi connectivity index (χ4n) is 1.99. The van der Waals surface area contributed by atoms with Crippen LogP contribution in [0.4, 0.5) is 5.69 Å². The van der Waals surface area contributed by atoms with Crippen LogP contribution < -0.4 is 0 Å². The fraction of sp³-hybridized carbons (Fsp3) is 0.462. The summed E-state index contributed by atoms with van der Waals surface area (Å²) in [7, 11) is 0. The average Bonchev–Trinajstić information content (AvgIpc) is 2.34. The number of rotatable bonds is 6. The van der Waals surface area contributed by atoms with Crippen LogP contribution in [0.3, 0.4) is 0 Å². The molecule has 0 spiro atoms. The van der Waals surface area contributed by atoms with E-state index in [2.05, 4.69) is 0 Å². The number of aliphatic carboxylic acids is 1. The minimum absolute atomic E-state index is 0.0327. The van der Waals surface area contributed by atoms with Crippen LogP contribution in [0.2, 0.25) is 0 Å². The van der Waals surface area contributed by atoms with Crippen LogP contribution in [0.1, 0.15) is 32.4 Å². The summed E-state index contributed by atoms with van der Waals surface area (Å²) >= 11 is 0. The van der Waals surface area contributed by atoms with Crippen molar-refractivity contribution in [1.29, 1.82) is 0 Å². The molecule has 0 bridgehead atoms. The van der Waals surface area contributed by atoms with Crippen LogP contribution in [0, 0.1) is 10.1 Å². The topological polar surface area (TPSA) is 83.7 Å². The van der Waals surface area contributed by atoms with Gasteiger partial charge in [0.15, 0.2) is 0 Å². The van der Waals surface area contributed by atoms with Gasteiger partial charge in [-0.1, -0.05) is 12.1 Å². The molecule has 1 rings (SSSR count). The Labute approximate surface area is 111 Å². The van der Waals surface area contributed by atoms with Gasteiger partial charge in [-0.2, -0.15) is 0 Å². The van der Waals surface area contributed by atoms with Gasteiger partial charge in [0, 0.05) is 24.2 Å². The van der Waals surface area contributed by atoms with Crippen molar-refractivity contribution >= 4 is 11.7 Å². The van der Waals surface area contributed by atoms with Crippen molar-refractivity contribution in [2.75, 3.05) is 6.54 Å². The van der Waals surface area contributed by atoms with Crippen molar-refractivity contribution in [3.8, 4) is 0 Å². The van der Waals surface area contributed by atoms with Crippen molar-refractivity contribution in [3.05, 3.63) is 39.9 Å². The normalized spacial score (nSPS) is 12.7. The summed E-state index contributed by atoms with van der Waals surface area (Å²) < 4.78 is 0. The van der Waals surface area contributed by atoms with Gasteiger partial charge in [-0.15, -0.1) is 0 Å². The summed E-state index contributed by atoms with van der Waals surface area (Å²) in [5.41, 5.74) is 0.894. The number of non-ortho nitro benzene ring substituents is 1. The maximum atomic E-state index is 10.9. The maximum absolute atomic E-state index is 10.9. The zero-order valence-electron chi connectivity index (χ0n) is 11.2. The van der Waals surface area contributed by atoms with Crippen molar-refractivity contribution in [3.63, 3.8) is 0 Å². The van der Waals surface area contributed by atoms with E-state index in [1.807, 2.05) is 25.7 Å². The number of hydrogen-bond donors (Lipinski definition) is 1. The van der Waals surface area contributed by atoms with E-state index in [4.69, 9.17) is 5.11 Å². The molecular formula is C13H18N2O4. The highest BCUT2D eigenvalue weighted by Gasteiger charge is 2.21. The van der Waals surface area contributed by atoms with Crippen molar-refractivity contribution in [2.45, 2.75) is 32.9 Å². The van der Waals surface area contributed by atoms with E-state index >= 15 is 0 Å². The van der Waals surface area contributed by atoms with Gasteiger partial charge in [0.05, 0.1) is 11.5 Å². The van der Waals surface area contributed by atoms with E-state index in [1.54, 1.807) is 12.1 Å². The summed E-state index contributed by atoms with van der Waals surface area (Å²) in [6, 6.07) is 6.16. The second-order valence-electron chi connectivity index (χ2n) is 4.68. The fourth-order valence-corrected chi connectivity index (χ4v) is 1.99. The zero-order valence-corrected chi connectivity index (χ0v) is 11.2. The predicted molar refractivity (Wildman–Crippen MR) is 71.0 cm³/mol. The van der Waals surface area contributed by atoms with Crippen molar-refractivity contribution in [1.82, 2.24) is 4.90 Å². The Morgan fingerprint density at radius 3 is 2.21 bits per heavy atom. The highest BCUT2D eigenvalue weighted by atomic mass is 16.6. The highest BCUT2D eigenvalue weighted by molar-refractivity contribution is 5.69. The first-order valence-electron chi connectivity index (χ1n) is 6.04. The summed E-state index contributed by atoms with van der Waals surface area (Å²) in [5, 5.41) is 19.5. The lowest BCUT2D eigenvalue weighted by Gasteiger charge is -2.31.